The number of hydrogen-bond donors (Lipinski definition) is 1. The summed E-state index contributed by atoms with van der Waals surface area (Å²) in [7, 11) is 1.65. The molecule has 0 aliphatic rings. The quantitative estimate of drug-likeness (QED) is 0.340. The van der Waals surface area contributed by atoms with Gasteiger partial charge in [-0.2, -0.15) is 0 Å². The van der Waals surface area contributed by atoms with Crippen molar-refractivity contribution in [1.29, 1.82) is 0 Å². The normalized spacial score (nSPS) is 10.6. The number of amides is 1. The first-order chi connectivity index (χ1) is 15.2. The second kappa shape index (κ2) is 11.9. The Labute approximate surface area is 188 Å². The van der Waals surface area contributed by atoms with Crippen molar-refractivity contribution in [2.24, 2.45) is 0 Å². The number of carbonyl (C=O) groups excluding carboxylic acids is 1. The molecule has 31 heavy (non-hydrogen) atoms. The fourth-order valence-corrected chi connectivity index (χ4v) is 3.89. The molecule has 0 unspecified atom stereocenters. The molecule has 1 amide bonds. The van der Waals surface area contributed by atoms with Crippen molar-refractivity contribution in [3.8, 4) is 5.75 Å². The summed E-state index contributed by atoms with van der Waals surface area (Å²) in [6.07, 6.45) is 3.60. The van der Waals surface area contributed by atoms with E-state index in [1.165, 1.54) is 0 Å². The van der Waals surface area contributed by atoms with Crippen LogP contribution in [0.15, 0.2) is 90.6 Å². The summed E-state index contributed by atoms with van der Waals surface area (Å²) in [5, 5.41) is 4.00. The van der Waals surface area contributed by atoms with E-state index in [1.807, 2.05) is 71.6 Å². The highest BCUT2D eigenvalue weighted by Gasteiger charge is 2.11. The van der Waals surface area contributed by atoms with E-state index in [2.05, 4.69) is 22.9 Å². The Balaban J connectivity index is 1.55. The zero-order chi connectivity index (χ0) is 21.9. The third kappa shape index (κ3) is 7.59. The number of aromatic nitrogens is 1. The van der Waals surface area contributed by atoms with E-state index in [0.717, 1.165) is 33.3 Å². The summed E-state index contributed by atoms with van der Waals surface area (Å²) in [5.74, 6) is 1.56. The first-order valence-corrected chi connectivity index (χ1v) is 11.0. The van der Waals surface area contributed by atoms with Gasteiger partial charge in [0.25, 0.3) is 0 Å². The van der Waals surface area contributed by atoms with E-state index in [-0.39, 0.29) is 12.5 Å². The van der Waals surface area contributed by atoms with Crippen molar-refractivity contribution in [3.63, 3.8) is 0 Å². The lowest BCUT2D eigenvalue weighted by molar-refractivity contribution is -0.117. The molecule has 1 aromatic heterocycles. The molecule has 0 spiro atoms. The van der Waals surface area contributed by atoms with Crippen molar-refractivity contribution in [1.82, 2.24) is 9.88 Å². The van der Waals surface area contributed by atoms with Crippen LogP contribution in [0.3, 0.4) is 0 Å². The highest BCUT2D eigenvalue weighted by molar-refractivity contribution is 7.98. The number of pyridine rings is 1. The molecule has 1 N–H and O–H groups in total. The molecule has 3 rings (SSSR count). The van der Waals surface area contributed by atoms with Gasteiger partial charge in [0.05, 0.1) is 18.7 Å². The minimum Gasteiger partial charge on any atom is -0.497 e. The van der Waals surface area contributed by atoms with Crippen LogP contribution >= 0.6 is 11.8 Å². The van der Waals surface area contributed by atoms with Gasteiger partial charge in [0.15, 0.2) is 0 Å². The fourth-order valence-electron chi connectivity index (χ4n) is 3.09. The number of anilines is 1. The van der Waals surface area contributed by atoms with Gasteiger partial charge in [0.1, 0.15) is 5.75 Å². The van der Waals surface area contributed by atoms with E-state index in [9.17, 15) is 4.79 Å². The van der Waals surface area contributed by atoms with Gasteiger partial charge < -0.3 is 10.1 Å². The van der Waals surface area contributed by atoms with Gasteiger partial charge in [-0.1, -0.05) is 36.4 Å². The van der Waals surface area contributed by atoms with Crippen molar-refractivity contribution < 1.29 is 9.53 Å². The summed E-state index contributed by atoms with van der Waals surface area (Å²) < 4.78 is 5.21. The molecule has 0 saturated carbocycles. The average Bonchev–Trinajstić information content (AvgIpc) is 2.79. The van der Waals surface area contributed by atoms with Crippen LogP contribution in [0.5, 0.6) is 5.75 Å². The largest absolute Gasteiger partial charge is 0.497 e. The second-order valence-electron chi connectivity index (χ2n) is 7.01. The molecular formula is C25H27N3O2S. The molecule has 5 nitrogen and oxygen atoms in total. The van der Waals surface area contributed by atoms with Gasteiger partial charge in [-0.3, -0.25) is 9.69 Å². The summed E-state index contributed by atoms with van der Waals surface area (Å²) in [5.41, 5.74) is 3.05. The van der Waals surface area contributed by atoms with Crippen LogP contribution in [0.1, 0.15) is 11.1 Å². The third-order valence-corrected chi connectivity index (χ3v) is 5.57. The maximum absolute atomic E-state index is 12.7. The minimum absolute atomic E-state index is 0.0510. The Morgan fingerprint density at radius 1 is 1.13 bits per heavy atom. The molecule has 0 saturated heterocycles. The lowest BCUT2D eigenvalue weighted by atomic mass is 10.2. The first-order valence-electron chi connectivity index (χ1n) is 10.0. The second-order valence-corrected chi connectivity index (χ2v) is 8.01. The maximum atomic E-state index is 12.7. The number of methoxy groups -OCH3 is 1. The van der Waals surface area contributed by atoms with Crippen LogP contribution in [0.2, 0.25) is 0 Å². The molecule has 6 heteroatoms. The van der Waals surface area contributed by atoms with E-state index in [4.69, 9.17) is 4.74 Å². The Morgan fingerprint density at radius 2 is 1.97 bits per heavy atom. The highest BCUT2D eigenvalue weighted by atomic mass is 32.2. The number of ether oxygens (including phenoxy) is 1. The fraction of sp³-hybridized carbons (Fsp3) is 0.200. The zero-order valence-electron chi connectivity index (χ0n) is 17.7. The van der Waals surface area contributed by atoms with Crippen LogP contribution in [-0.4, -0.2) is 36.0 Å². The van der Waals surface area contributed by atoms with Gasteiger partial charge >= 0.3 is 0 Å². The van der Waals surface area contributed by atoms with Crippen molar-refractivity contribution in [2.75, 3.05) is 25.5 Å². The van der Waals surface area contributed by atoms with Crippen molar-refractivity contribution >= 4 is 23.4 Å². The van der Waals surface area contributed by atoms with Crippen molar-refractivity contribution in [3.05, 3.63) is 96.7 Å². The Kier molecular flexibility index (Phi) is 8.70. The molecule has 0 aliphatic carbocycles. The zero-order valence-corrected chi connectivity index (χ0v) is 18.5. The number of nitrogens with one attached hydrogen (secondary N) is 1. The van der Waals surface area contributed by atoms with E-state index >= 15 is 0 Å². The predicted octanol–water partition coefficient (Wildman–Crippen LogP) is 5.01. The lowest BCUT2D eigenvalue weighted by Crippen LogP contribution is -2.33. The molecule has 2 aromatic carbocycles. The number of hydrogen-bond acceptors (Lipinski definition) is 5. The molecule has 1 heterocycles. The monoisotopic (exact) mass is 433 g/mol. The molecule has 3 aromatic rings. The van der Waals surface area contributed by atoms with Crippen LogP contribution in [0, 0.1) is 0 Å². The van der Waals surface area contributed by atoms with Gasteiger partial charge in [0, 0.05) is 30.7 Å². The number of benzene rings is 2. The predicted molar refractivity (Wildman–Crippen MR) is 127 cm³/mol. The van der Waals surface area contributed by atoms with E-state index < -0.39 is 0 Å². The SMILES string of the molecule is C=CCN(CC(=O)Nc1cccc(CSc2ccccn2)c1)Cc1ccc(OC)cc1. The van der Waals surface area contributed by atoms with E-state index in [0.29, 0.717) is 13.1 Å². The summed E-state index contributed by atoms with van der Waals surface area (Å²) in [6, 6.07) is 21.7. The first kappa shape index (κ1) is 22.6. The van der Waals surface area contributed by atoms with Gasteiger partial charge in [-0.25, -0.2) is 4.98 Å². The molecule has 160 valence electrons. The Bertz CT molecular complexity index is 978. The van der Waals surface area contributed by atoms with Crippen LogP contribution in [0.4, 0.5) is 5.69 Å². The molecule has 0 bridgehead atoms. The standard InChI is InChI=1S/C25H27N3O2S/c1-3-15-28(17-20-10-12-23(30-2)13-11-20)18-24(29)27-22-8-6-7-21(16-22)19-31-25-9-4-5-14-26-25/h3-14,16H,1,15,17-19H2,2H3,(H,27,29). The van der Waals surface area contributed by atoms with Crippen LogP contribution < -0.4 is 10.1 Å². The highest BCUT2D eigenvalue weighted by Crippen LogP contribution is 2.22. The molecule has 0 fully saturated rings. The smallest absolute Gasteiger partial charge is 0.238 e. The maximum Gasteiger partial charge on any atom is 0.238 e. The summed E-state index contributed by atoms with van der Waals surface area (Å²) >= 11 is 1.67. The number of thioether (sulfide) groups is 1. The Morgan fingerprint density at radius 3 is 2.68 bits per heavy atom. The number of nitrogens with zero attached hydrogens (tertiary/aromatic N) is 2. The molecular weight excluding hydrogens is 406 g/mol. The Hall–Kier alpha value is -3.09. The molecule has 0 atom stereocenters. The average molecular weight is 434 g/mol. The minimum atomic E-state index is -0.0510. The van der Waals surface area contributed by atoms with Crippen molar-refractivity contribution in [2.45, 2.75) is 17.3 Å². The van der Waals surface area contributed by atoms with Crippen LogP contribution in [-0.2, 0) is 17.1 Å². The number of rotatable bonds is 11. The lowest BCUT2D eigenvalue weighted by Gasteiger charge is -2.20. The van der Waals surface area contributed by atoms with E-state index in [1.54, 1.807) is 25.1 Å². The third-order valence-electron chi connectivity index (χ3n) is 4.55. The molecule has 0 aliphatic heterocycles. The topological polar surface area (TPSA) is 54.5 Å². The van der Waals surface area contributed by atoms with Gasteiger partial charge in [0.2, 0.25) is 5.91 Å². The van der Waals surface area contributed by atoms with Gasteiger partial charge in [-0.15, -0.1) is 18.3 Å². The van der Waals surface area contributed by atoms with Crippen LogP contribution in [0.25, 0.3) is 0 Å². The summed E-state index contributed by atoms with van der Waals surface area (Å²) in [4.78, 5) is 19.0. The number of carbonyl (C=O) groups is 1. The summed E-state index contributed by atoms with van der Waals surface area (Å²) in [6.45, 7) is 5.38. The van der Waals surface area contributed by atoms with Gasteiger partial charge in [-0.05, 0) is 47.5 Å². The molecule has 0 radical (unpaired) electrons.